The van der Waals surface area contributed by atoms with E-state index in [4.69, 9.17) is 4.74 Å². The van der Waals surface area contributed by atoms with Crippen molar-refractivity contribution in [2.24, 2.45) is 5.92 Å². The molecular formula is C21H24F2N2O4S. The molecule has 0 unspecified atom stereocenters. The van der Waals surface area contributed by atoms with Gasteiger partial charge in [0.15, 0.2) is 0 Å². The number of nitrogens with one attached hydrogen (secondary N) is 1. The highest BCUT2D eigenvalue weighted by Gasteiger charge is 2.32. The molecule has 1 saturated heterocycles. The quantitative estimate of drug-likeness (QED) is 0.721. The van der Waals surface area contributed by atoms with Crippen molar-refractivity contribution in [1.82, 2.24) is 9.62 Å². The van der Waals surface area contributed by atoms with Gasteiger partial charge in [0.1, 0.15) is 17.4 Å². The molecule has 0 radical (unpaired) electrons. The van der Waals surface area contributed by atoms with Crippen molar-refractivity contribution in [3.05, 3.63) is 59.7 Å². The van der Waals surface area contributed by atoms with E-state index < -0.39 is 21.7 Å². The van der Waals surface area contributed by atoms with Gasteiger partial charge >= 0.3 is 0 Å². The van der Waals surface area contributed by atoms with Crippen LogP contribution >= 0.6 is 0 Å². The number of piperidine rings is 1. The van der Waals surface area contributed by atoms with Gasteiger partial charge in [-0.2, -0.15) is 4.31 Å². The van der Waals surface area contributed by atoms with Crippen molar-refractivity contribution < 1.29 is 26.7 Å². The maximum Gasteiger partial charge on any atom is 0.243 e. The number of rotatable bonds is 7. The zero-order chi connectivity index (χ0) is 21.7. The number of carbonyl (C=O) groups is 1. The molecule has 30 heavy (non-hydrogen) atoms. The van der Waals surface area contributed by atoms with Gasteiger partial charge in [-0.3, -0.25) is 4.79 Å². The second-order valence-electron chi connectivity index (χ2n) is 7.08. The second-order valence-corrected chi connectivity index (χ2v) is 9.02. The largest absolute Gasteiger partial charge is 0.494 e. The Balaban J connectivity index is 1.54. The van der Waals surface area contributed by atoms with Crippen LogP contribution in [-0.4, -0.2) is 38.3 Å². The molecule has 162 valence electrons. The fourth-order valence-electron chi connectivity index (χ4n) is 3.43. The maximum absolute atomic E-state index is 13.2. The lowest BCUT2D eigenvalue weighted by atomic mass is 9.97. The van der Waals surface area contributed by atoms with Gasteiger partial charge in [0, 0.05) is 31.6 Å². The number of hydrogen-bond acceptors (Lipinski definition) is 4. The number of nitrogens with zero attached hydrogens (tertiary/aromatic N) is 1. The molecule has 0 bridgehead atoms. The monoisotopic (exact) mass is 438 g/mol. The number of amides is 1. The van der Waals surface area contributed by atoms with E-state index in [0.29, 0.717) is 30.8 Å². The van der Waals surface area contributed by atoms with Gasteiger partial charge < -0.3 is 10.1 Å². The van der Waals surface area contributed by atoms with Gasteiger partial charge in [-0.1, -0.05) is 0 Å². The van der Waals surface area contributed by atoms with E-state index in [-0.39, 0.29) is 36.4 Å². The minimum absolute atomic E-state index is 0.0121. The Morgan fingerprint density at radius 2 is 1.70 bits per heavy atom. The van der Waals surface area contributed by atoms with Crippen molar-refractivity contribution in [3.63, 3.8) is 0 Å². The van der Waals surface area contributed by atoms with Gasteiger partial charge in [-0.15, -0.1) is 0 Å². The van der Waals surface area contributed by atoms with Crippen molar-refractivity contribution >= 4 is 15.9 Å². The number of benzene rings is 2. The molecule has 2 aromatic rings. The molecule has 1 heterocycles. The number of hydrogen-bond donors (Lipinski definition) is 1. The van der Waals surface area contributed by atoms with Crippen LogP contribution in [0.2, 0.25) is 0 Å². The summed E-state index contributed by atoms with van der Waals surface area (Å²) in [6.45, 7) is 2.81. The van der Waals surface area contributed by atoms with Crippen molar-refractivity contribution in [2.75, 3.05) is 19.7 Å². The maximum atomic E-state index is 13.2. The highest BCUT2D eigenvalue weighted by Crippen LogP contribution is 2.25. The smallest absolute Gasteiger partial charge is 0.243 e. The summed E-state index contributed by atoms with van der Waals surface area (Å²) < 4.78 is 58.8. The Labute approximate surface area is 174 Å². The van der Waals surface area contributed by atoms with Gasteiger partial charge in [0.05, 0.1) is 11.5 Å². The highest BCUT2D eigenvalue weighted by atomic mass is 32.2. The second kappa shape index (κ2) is 9.53. The summed E-state index contributed by atoms with van der Waals surface area (Å²) in [6.07, 6.45) is 0.749. The van der Waals surface area contributed by atoms with Gasteiger partial charge in [0.25, 0.3) is 0 Å². The van der Waals surface area contributed by atoms with Crippen LogP contribution in [0.5, 0.6) is 5.75 Å². The Kier molecular flexibility index (Phi) is 7.04. The van der Waals surface area contributed by atoms with E-state index in [2.05, 4.69) is 5.32 Å². The van der Waals surface area contributed by atoms with Crippen LogP contribution in [0.4, 0.5) is 8.78 Å². The Hall–Kier alpha value is -2.52. The first kappa shape index (κ1) is 22.2. The molecule has 2 aromatic carbocycles. The SMILES string of the molecule is CCOc1ccc(S(=O)(=O)N2CCC(C(=O)NCc3cc(F)cc(F)c3)CC2)cc1. The van der Waals surface area contributed by atoms with Crippen molar-refractivity contribution in [2.45, 2.75) is 31.2 Å². The topological polar surface area (TPSA) is 75.7 Å². The minimum atomic E-state index is -3.64. The summed E-state index contributed by atoms with van der Waals surface area (Å²) in [5, 5.41) is 2.67. The number of halogens is 2. The normalized spacial score (nSPS) is 15.7. The molecule has 9 heteroatoms. The first-order valence-corrected chi connectivity index (χ1v) is 11.2. The number of ether oxygens (including phenoxy) is 1. The molecule has 1 aliphatic rings. The van der Waals surface area contributed by atoms with Gasteiger partial charge in [0.2, 0.25) is 15.9 Å². The third-order valence-electron chi connectivity index (χ3n) is 4.99. The van der Waals surface area contributed by atoms with Crippen LogP contribution in [0, 0.1) is 17.6 Å². The third-order valence-corrected chi connectivity index (χ3v) is 6.90. The first-order valence-electron chi connectivity index (χ1n) is 9.75. The molecule has 6 nitrogen and oxygen atoms in total. The predicted octanol–water partition coefficient (Wildman–Crippen LogP) is 3.08. The Morgan fingerprint density at radius 1 is 1.10 bits per heavy atom. The molecule has 0 spiro atoms. The summed E-state index contributed by atoms with van der Waals surface area (Å²) >= 11 is 0. The summed E-state index contributed by atoms with van der Waals surface area (Å²) in [4.78, 5) is 12.6. The van der Waals surface area contributed by atoms with Crippen LogP contribution in [0.25, 0.3) is 0 Å². The standard InChI is InChI=1S/C21H24F2N2O4S/c1-2-29-19-3-5-20(6-4-19)30(27,28)25-9-7-16(8-10-25)21(26)24-14-15-11-17(22)13-18(23)12-15/h3-6,11-13,16H,2,7-10,14H2,1H3,(H,24,26). The zero-order valence-electron chi connectivity index (χ0n) is 16.6. The van der Waals surface area contributed by atoms with Crippen LogP contribution in [0.15, 0.2) is 47.4 Å². The molecule has 0 atom stereocenters. The molecule has 0 aliphatic carbocycles. The van der Waals surface area contributed by atoms with Crippen LogP contribution < -0.4 is 10.1 Å². The Morgan fingerprint density at radius 3 is 2.27 bits per heavy atom. The summed E-state index contributed by atoms with van der Waals surface area (Å²) in [5.41, 5.74) is 0.330. The predicted molar refractivity (Wildman–Crippen MR) is 107 cm³/mol. The number of sulfonamides is 1. The van der Waals surface area contributed by atoms with Gasteiger partial charge in [-0.05, 0) is 61.7 Å². The first-order chi connectivity index (χ1) is 14.3. The lowest BCUT2D eigenvalue weighted by Gasteiger charge is -2.30. The van der Waals surface area contributed by atoms with Crippen LogP contribution in [-0.2, 0) is 21.4 Å². The molecule has 0 aromatic heterocycles. The molecular weight excluding hydrogens is 414 g/mol. The van der Waals surface area contributed by atoms with E-state index in [1.165, 1.54) is 16.4 Å². The summed E-state index contributed by atoms with van der Waals surface area (Å²) in [7, 11) is -3.64. The average Bonchev–Trinajstić information content (AvgIpc) is 2.72. The summed E-state index contributed by atoms with van der Waals surface area (Å²) in [5.74, 6) is -1.41. The van der Waals surface area contributed by atoms with Gasteiger partial charge in [-0.25, -0.2) is 17.2 Å². The van der Waals surface area contributed by atoms with E-state index in [9.17, 15) is 22.0 Å². The fraction of sp³-hybridized carbons (Fsp3) is 0.381. The summed E-state index contributed by atoms with van der Waals surface area (Å²) in [6, 6.07) is 9.35. The van der Waals surface area contributed by atoms with E-state index >= 15 is 0 Å². The average molecular weight is 438 g/mol. The van der Waals surface area contributed by atoms with Crippen molar-refractivity contribution in [3.8, 4) is 5.75 Å². The lowest BCUT2D eigenvalue weighted by molar-refractivity contribution is -0.126. The zero-order valence-corrected chi connectivity index (χ0v) is 17.4. The van der Waals surface area contributed by atoms with E-state index in [0.717, 1.165) is 18.2 Å². The molecule has 1 N–H and O–H groups in total. The van der Waals surface area contributed by atoms with Crippen molar-refractivity contribution in [1.29, 1.82) is 0 Å². The molecule has 0 saturated carbocycles. The van der Waals surface area contributed by atoms with E-state index in [1.54, 1.807) is 12.1 Å². The van der Waals surface area contributed by atoms with Crippen LogP contribution in [0.3, 0.4) is 0 Å². The lowest BCUT2D eigenvalue weighted by Crippen LogP contribution is -2.42. The highest BCUT2D eigenvalue weighted by molar-refractivity contribution is 7.89. The molecule has 1 fully saturated rings. The molecule has 1 aliphatic heterocycles. The molecule has 3 rings (SSSR count). The minimum Gasteiger partial charge on any atom is -0.494 e. The number of carbonyl (C=O) groups excluding carboxylic acids is 1. The fourth-order valence-corrected chi connectivity index (χ4v) is 4.90. The Bertz CT molecular complexity index is 968. The van der Waals surface area contributed by atoms with Crippen LogP contribution in [0.1, 0.15) is 25.3 Å². The molecule has 1 amide bonds. The van der Waals surface area contributed by atoms with E-state index in [1.807, 2.05) is 6.92 Å². The third kappa shape index (κ3) is 5.34.